The summed E-state index contributed by atoms with van der Waals surface area (Å²) in [6.45, 7) is 1.91. The average Bonchev–Trinajstić information content (AvgIpc) is 2.32. The smallest absolute Gasteiger partial charge is 0.310 e. The van der Waals surface area contributed by atoms with Gasteiger partial charge < -0.3 is 4.74 Å². The van der Waals surface area contributed by atoms with Crippen molar-refractivity contribution in [2.24, 2.45) is 0 Å². The zero-order chi connectivity index (χ0) is 12.8. The molecule has 0 bridgehead atoms. The molecule has 0 aliphatic heterocycles. The fraction of sp³-hybridized carbons (Fsp3) is 0.333. The maximum atomic E-state index is 13.9. The summed E-state index contributed by atoms with van der Waals surface area (Å²) < 4.78 is 18.7. The van der Waals surface area contributed by atoms with E-state index in [4.69, 9.17) is 10.00 Å². The Morgan fingerprint density at radius 3 is 2.82 bits per heavy atom. The highest BCUT2D eigenvalue weighted by Crippen LogP contribution is 2.20. The number of nitrogens with zero attached hydrogens (tertiary/aromatic N) is 1. The fourth-order valence-electron chi connectivity index (χ4n) is 1.41. The molecule has 0 spiro atoms. The van der Waals surface area contributed by atoms with Gasteiger partial charge in [0.15, 0.2) is 0 Å². The molecule has 1 aromatic carbocycles. The monoisotopic (exact) mass is 299 g/mol. The molecule has 0 saturated heterocycles. The molecule has 0 aliphatic rings. The highest BCUT2D eigenvalue weighted by atomic mass is 79.9. The van der Waals surface area contributed by atoms with Gasteiger partial charge in [0, 0.05) is 10.9 Å². The van der Waals surface area contributed by atoms with Crippen molar-refractivity contribution in [3.05, 3.63) is 34.6 Å². The minimum absolute atomic E-state index is 0.0999. The number of carbonyl (C=O) groups is 1. The molecule has 0 aromatic heterocycles. The van der Waals surface area contributed by atoms with Crippen LogP contribution >= 0.6 is 15.9 Å². The first kappa shape index (κ1) is 13.7. The summed E-state index contributed by atoms with van der Waals surface area (Å²) >= 11 is 3.15. The number of benzene rings is 1. The molecule has 0 heterocycles. The molecule has 0 radical (unpaired) electrons. The van der Waals surface area contributed by atoms with Crippen molar-refractivity contribution in [3.8, 4) is 6.07 Å². The van der Waals surface area contributed by atoms with Crippen molar-refractivity contribution in [3.63, 3.8) is 0 Å². The Kier molecular flexibility index (Phi) is 5.11. The quantitative estimate of drug-likeness (QED) is 0.634. The predicted octanol–water partition coefficient (Wildman–Crippen LogP) is 2.70. The molecule has 90 valence electrons. The van der Waals surface area contributed by atoms with Crippen LogP contribution in [-0.4, -0.2) is 12.6 Å². The van der Waals surface area contributed by atoms with Crippen LogP contribution in [0.3, 0.4) is 0 Å². The third-order valence-electron chi connectivity index (χ3n) is 2.21. The molecular formula is C12H11BrFNO2. The van der Waals surface area contributed by atoms with Gasteiger partial charge in [-0.2, -0.15) is 5.26 Å². The number of alkyl halides is 1. The standard InChI is InChI=1S/C12H11BrFNO2/c1-2-17-11(16)5-10-9(7-15)4-3-8(6-13)12(10)14/h3-4H,2,5-6H2,1H3. The maximum Gasteiger partial charge on any atom is 0.310 e. The Bertz CT molecular complexity index is 468. The lowest BCUT2D eigenvalue weighted by molar-refractivity contribution is -0.142. The first-order valence-electron chi connectivity index (χ1n) is 5.06. The van der Waals surface area contributed by atoms with E-state index in [1.807, 2.05) is 6.07 Å². The molecule has 0 atom stereocenters. The van der Waals surface area contributed by atoms with Gasteiger partial charge in [-0.25, -0.2) is 4.39 Å². The first-order chi connectivity index (χ1) is 8.13. The molecule has 5 heteroatoms. The molecule has 3 nitrogen and oxygen atoms in total. The largest absolute Gasteiger partial charge is 0.466 e. The Morgan fingerprint density at radius 1 is 1.59 bits per heavy atom. The van der Waals surface area contributed by atoms with Gasteiger partial charge in [0.2, 0.25) is 0 Å². The van der Waals surface area contributed by atoms with Crippen molar-refractivity contribution in [1.82, 2.24) is 0 Å². The lowest BCUT2D eigenvalue weighted by Gasteiger charge is -2.08. The summed E-state index contributed by atoms with van der Waals surface area (Å²) in [5.41, 5.74) is 0.687. The zero-order valence-corrected chi connectivity index (χ0v) is 10.9. The number of esters is 1. The van der Waals surface area contributed by atoms with Gasteiger partial charge in [-0.05, 0) is 18.6 Å². The molecule has 0 amide bonds. The summed E-state index contributed by atoms with van der Waals surface area (Å²) in [6, 6.07) is 4.91. The number of halogens is 2. The second-order valence-electron chi connectivity index (χ2n) is 3.29. The molecule has 0 unspecified atom stereocenters. The Labute approximate surface area is 107 Å². The van der Waals surface area contributed by atoms with E-state index in [0.717, 1.165) is 0 Å². The van der Waals surface area contributed by atoms with Gasteiger partial charge in [-0.1, -0.05) is 22.0 Å². The predicted molar refractivity (Wildman–Crippen MR) is 64.1 cm³/mol. The molecular weight excluding hydrogens is 289 g/mol. The van der Waals surface area contributed by atoms with Gasteiger partial charge in [0.25, 0.3) is 0 Å². The fourth-order valence-corrected chi connectivity index (χ4v) is 1.84. The molecule has 0 fully saturated rings. The van der Waals surface area contributed by atoms with Crippen LogP contribution in [0, 0.1) is 17.1 Å². The van der Waals surface area contributed by atoms with Crippen LogP contribution in [0.5, 0.6) is 0 Å². The first-order valence-corrected chi connectivity index (χ1v) is 6.18. The van der Waals surface area contributed by atoms with Crippen molar-refractivity contribution in [2.45, 2.75) is 18.7 Å². The van der Waals surface area contributed by atoms with Gasteiger partial charge in [-0.3, -0.25) is 4.79 Å². The Morgan fingerprint density at radius 2 is 2.29 bits per heavy atom. The second-order valence-corrected chi connectivity index (χ2v) is 3.85. The van der Waals surface area contributed by atoms with Crippen LogP contribution in [0.1, 0.15) is 23.6 Å². The van der Waals surface area contributed by atoms with E-state index in [-0.39, 0.29) is 24.2 Å². The van der Waals surface area contributed by atoms with Crippen LogP contribution in [0.15, 0.2) is 12.1 Å². The van der Waals surface area contributed by atoms with E-state index in [1.54, 1.807) is 6.92 Å². The topological polar surface area (TPSA) is 50.1 Å². The van der Waals surface area contributed by atoms with E-state index in [0.29, 0.717) is 10.9 Å². The van der Waals surface area contributed by atoms with Gasteiger partial charge >= 0.3 is 5.97 Å². The van der Waals surface area contributed by atoms with E-state index >= 15 is 0 Å². The highest BCUT2D eigenvalue weighted by Gasteiger charge is 2.16. The SMILES string of the molecule is CCOC(=O)Cc1c(C#N)ccc(CBr)c1F. The number of hydrogen-bond donors (Lipinski definition) is 0. The van der Waals surface area contributed by atoms with E-state index in [9.17, 15) is 9.18 Å². The van der Waals surface area contributed by atoms with Crippen LogP contribution < -0.4 is 0 Å². The average molecular weight is 300 g/mol. The van der Waals surface area contributed by atoms with Crippen LogP contribution in [0.2, 0.25) is 0 Å². The summed E-state index contributed by atoms with van der Waals surface area (Å²) in [5, 5.41) is 9.20. The maximum absolute atomic E-state index is 13.9. The molecule has 0 saturated carbocycles. The summed E-state index contributed by atoms with van der Waals surface area (Å²) in [4.78, 5) is 11.3. The third-order valence-corrected chi connectivity index (χ3v) is 2.82. The van der Waals surface area contributed by atoms with E-state index in [1.165, 1.54) is 12.1 Å². The third kappa shape index (κ3) is 3.27. The van der Waals surface area contributed by atoms with Gasteiger partial charge in [0.1, 0.15) is 5.82 Å². The van der Waals surface area contributed by atoms with Crippen molar-refractivity contribution in [2.75, 3.05) is 6.61 Å². The highest BCUT2D eigenvalue weighted by molar-refractivity contribution is 9.08. The number of ether oxygens (including phenoxy) is 1. The minimum Gasteiger partial charge on any atom is -0.466 e. The van der Waals surface area contributed by atoms with Crippen LogP contribution in [-0.2, 0) is 21.3 Å². The van der Waals surface area contributed by atoms with Gasteiger partial charge in [-0.15, -0.1) is 0 Å². The molecule has 0 aliphatic carbocycles. The van der Waals surface area contributed by atoms with E-state index < -0.39 is 11.8 Å². The summed E-state index contributed by atoms with van der Waals surface area (Å²) in [6.07, 6.45) is -0.219. The van der Waals surface area contributed by atoms with E-state index in [2.05, 4.69) is 15.9 Å². The van der Waals surface area contributed by atoms with Crippen LogP contribution in [0.4, 0.5) is 4.39 Å². The number of hydrogen-bond acceptors (Lipinski definition) is 3. The molecule has 0 N–H and O–H groups in total. The minimum atomic E-state index is -0.533. The zero-order valence-electron chi connectivity index (χ0n) is 9.30. The molecule has 1 aromatic rings. The number of carbonyl (C=O) groups excluding carboxylic acids is 1. The summed E-state index contributed by atoms with van der Waals surface area (Å²) in [7, 11) is 0. The van der Waals surface area contributed by atoms with Crippen LogP contribution in [0.25, 0.3) is 0 Å². The number of nitriles is 1. The summed E-state index contributed by atoms with van der Waals surface area (Å²) in [5.74, 6) is -1.05. The van der Waals surface area contributed by atoms with Crippen molar-refractivity contribution in [1.29, 1.82) is 5.26 Å². The number of rotatable bonds is 4. The van der Waals surface area contributed by atoms with Crippen molar-refractivity contribution >= 4 is 21.9 Å². The Hall–Kier alpha value is -1.41. The normalized spacial score (nSPS) is 9.76. The Balaban J connectivity index is 3.11. The van der Waals surface area contributed by atoms with Gasteiger partial charge in [0.05, 0.1) is 24.7 Å². The van der Waals surface area contributed by atoms with Crippen molar-refractivity contribution < 1.29 is 13.9 Å². The molecule has 1 rings (SSSR count). The lowest BCUT2D eigenvalue weighted by atomic mass is 10.0. The molecule has 17 heavy (non-hydrogen) atoms. The second kappa shape index (κ2) is 6.36. The lowest BCUT2D eigenvalue weighted by Crippen LogP contribution is -2.11.